The van der Waals surface area contributed by atoms with Crippen LogP contribution in [0.4, 0.5) is 0 Å². The minimum absolute atomic E-state index is 0.0504. The smallest absolute Gasteiger partial charge is 0.289 e. The number of benzene rings is 1. The van der Waals surface area contributed by atoms with Crippen LogP contribution in [-0.4, -0.2) is 35.8 Å². The van der Waals surface area contributed by atoms with Crippen molar-refractivity contribution in [1.82, 2.24) is 10.2 Å². The molecule has 1 saturated heterocycles. The number of rotatable bonds is 6. The molecule has 4 rings (SSSR count). The van der Waals surface area contributed by atoms with E-state index in [-0.39, 0.29) is 24.5 Å². The summed E-state index contributed by atoms with van der Waals surface area (Å²) in [6.07, 6.45) is 1.45. The Hall–Kier alpha value is -3.06. The number of likely N-dealkylation sites (tertiary alicyclic amines) is 1. The molecular formula is C24H26N2O4S. The van der Waals surface area contributed by atoms with E-state index in [0.717, 1.165) is 24.2 Å². The maximum Gasteiger partial charge on any atom is 0.289 e. The van der Waals surface area contributed by atoms with Crippen molar-refractivity contribution in [3.05, 3.63) is 75.4 Å². The quantitative estimate of drug-likeness (QED) is 0.612. The molecule has 3 heterocycles. The standard InChI is InChI=1S/C24H26N2O4S/c1-16-3-5-21(17(2)13-16)29-14-20-4-6-22(30-20)24(28)26-10-7-19(8-11-26)25-23(27)18-9-12-31-15-18/h3-6,9,12-13,15,19H,7-8,10-11,14H2,1-2H3,(H,25,27). The van der Waals surface area contributed by atoms with Gasteiger partial charge in [0.1, 0.15) is 18.1 Å². The van der Waals surface area contributed by atoms with Crippen LogP contribution < -0.4 is 10.1 Å². The van der Waals surface area contributed by atoms with Gasteiger partial charge in [0.15, 0.2) is 5.76 Å². The van der Waals surface area contributed by atoms with Gasteiger partial charge in [0.05, 0.1) is 0 Å². The van der Waals surface area contributed by atoms with E-state index in [1.54, 1.807) is 17.0 Å². The van der Waals surface area contributed by atoms with Gasteiger partial charge >= 0.3 is 0 Å². The van der Waals surface area contributed by atoms with Crippen LogP contribution in [0.1, 0.15) is 50.6 Å². The number of amides is 2. The Bertz CT molecular complexity index is 1050. The molecule has 162 valence electrons. The van der Waals surface area contributed by atoms with Crippen LogP contribution >= 0.6 is 11.3 Å². The zero-order chi connectivity index (χ0) is 21.8. The summed E-state index contributed by atoms with van der Waals surface area (Å²) >= 11 is 1.50. The zero-order valence-corrected chi connectivity index (χ0v) is 18.5. The average Bonchev–Trinajstić information content (AvgIpc) is 3.46. The molecule has 1 aromatic carbocycles. The first kappa shape index (κ1) is 21.2. The lowest BCUT2D eigenvalue weighted by atomic mass is 10.0. The van der Waals surface area contributed by atoms with Crippen molar-refractivity contribution in [2.75, 3.05) is 13.1 Å². The molecule has 3 aromatic rings. The van der Waals surface area contributed by atoms with E-state index in [9.17, 15) is 9.59 Å². The molecular weight excluding hydrogens is 412 g/mol. The number of hydrogen-bond donors (Lipinski definition) is 1. The van der Waals surface area contributed by atoms with E-state index in [1.807, 2.05) is 42.8 Å². The van der Waals surface area contributed by atoms with Gasteiger partial charge in [-0.3, -0.25) is 9.59 Å². The van der Waals surface area contributed by atoms with Crippen LogP contribution in [0.5, 0.6) is 5.75 Å². The van der Waals surface area contributed by atoms with Crippen molar-refractivity contribution >= 4 is 23.2 Å². The summed E-state index contributed by atoms with van der Waals surface area (Å²) in [4.78, 5) is 26.8. The van der Waals surface area contributed by atoms with Crippen molar-refractivity contribution in [2.45, 2.75) is 39.3 Å². The largest absolute Gasteiger partial charge is 0.485 e. The normalized spacial score (nSPS) is 14.5. The van der Waals surface area contributed by atoms with Crippen molar-refractivity contribution in [3.8, 4) is 5.75 Å². The van der Waals surface area contributed by atoms with E-state index in [1.165, 1.54) is 16.9 Å². The predicted octanol–water partition coefficient (Wildman–Crippen LogP) is 4.57. The third-order valence-electron chi connectivity index (χ3n) is 5.47. The van der Waals surface area contributed by atoms with E-state index < -0.39 is 0 Å². The van der Waals surface area contributed by atoms with Crippen LogP contribution in [0, 0.1) is 13.8 Å². The number of nitrogens with zero attached hydrogens (tertiary/aromatic N) is 1. The second-order valence-electron chi connectivity index (χ2n) is 7.88. The topological polar surface area (TPSA) is 71.8 Å². The van der Waals surface area contributed by atoms with Gasteiger partial charge in [0.2, 0.25) is 0 Å². The summed E-state index contributed by atoms with van der Waals surface area (Å²) < 4.78 is 11.6. The Labute approximate surface area is 185 Å². The Kier molecular flexibility index (Phi) is 6.42. The molecule has 1 aliphatic heterocycles. The number of hydrogen-bond acceptors (Lipinski definition) is 5. The molecule has 0 bridgehead atoms. The highest BCUT2D eigenvalue weighted by Crippen LogP contribution is 2.21. The molecule has 1 aliphatic rings. The van der Waals surface area contributed by atoms with Crippen LogP contribution in [-0.2, 0) is 6.61 Å². The molecule has 7 heteroatoms. The van der Waals surface area contributed by atoms with Gasteiger partial charge in [-0.2, -0.15) is 11.3 Å². The molecule has 31 heavy (non-hydrogen) atoms. The van der Waals surface area contributed by atoms with E-state index in [0.29, 0.717) is 30.2 Å². The van der Waals surface area contributed by atoms with Gasteiger partial charge < -0.3 is 19.4 Å². The average molecular weight is 439 g/mol. The number of piperidine rings is 1. The molecule has 6 nitrogen and oxygen atoms in total. The Morgan fingerprint density at radius 2 is 1.97 bits per heavy atom. The lowest BCUT2D eigenvalue weighted by Gasteiger charge is -2.31. The first-order chi connectivity index (χ1) is 15.0. The maximum absolute atomic E-state index is 12.8. The lowest BCUT2D eigenvalue weighted by Crippen LogP contribution is -2.46. The second kappa shape index (κ2) is 9.39. The lowest BCUT2D eigenvalue weighted by molar-refractivity contribution is 0.0663. The Morgan fingerprint density at radius 3 is 2.68 bits per heavy atom. The number of aryl methyl sites for hydroxylation is 2. The maximum atomic E-state index is 12.8. The van der Waals surface area contributed by atoms with Crippen molar-refractivity contribution < 1.29 is 18.7 Å². The van der Waals surface area contributed by atoms with E-state index in [2.05, 4.69) is 11.4 Å². The summed E-state index contributed by atoms with van der Waals surface area (Å²) in [5.74, 6) is 1.56. The number of ether oxygens (including phenoxy) is 1. The summed E-state index contributed by atoms with van der Waals surface area (Å²) in [7, 11) is 0. The third-order valence-corrected chi connectivity index (χ3v) is 6.16. The third kappa shape index (κ3) is 5.17. The fraction of sp³-hybridized carbons (Fsp3) is 0.333. The number of carbonyl (C=O) groups is 2. The molecule has 0 spiro atoms. The van der Waals surface area contributed by atoms with Crippen LogP contribution in [0.3, 0.4) is 0 Å². The number of nitrogens with one attached hydrogen (secondary N) is 1. The zero-order valence-electron chi connectivity index (χ0n) is 17.7. The Balaban J connectivity index is 1.27. The number of furan rings is 1. The van der Waals surface area contributed by atoms with Crippen LogP contribution in [0.25, 0.3) is 0 Å². The van der Waals surface area contributed by atoms with Gasteiger partial charge in [0.25, 0.3) is 11.8 Å². The van der Waals surface area contributed by atoms with Gasteiger partial charge in [-0.05, 0) is 61.9 Å². The second-order valence-corrected chi connectivity index (χ2v) is 8.66. The first-order valence-corrected chi connectivity index (χ1v) is 11.3. The van der Waals surface area contributed by atoms with E-state index >= 15 is 0 Å². The fourth-order valence-corrected chi connectivity index (χ4v) is 4.36. The molecule has 1 N–H and O–H groups in total. The van der Waals surface area contributed by atoms with Gasteiger partial charge in [-0.15, -0.1) is 0 Å². The monoisotopic (exact) mass is 438 g/mol. The molecule has 0 aliphatic carbocycles. The van der Waals surface area contributed by atoms with Crippen LogP contribution in [0.2, 0.25) is 0 Å². The summed E-state index contributed by atoms with van der Waals surface area (Å²) in [6.45, 7) is 5.49. The molecule has 2 amide bonds. The predicted molar refractivity (Wildman–Crippen MR) is 120 cm³/mol. The van der Waals surface area contributed by atoms with Crippen molar-refractivity contribution in [3.63, 3.8) is 0 Å². The number of carbonyl (C=O) groups excluding carboxylic acids is 2. The molecule has 2 aromatic heterocycles. The molecule has 0 radical (unpaired) electrons. The highest BCUT2D eigenvalue weighted by atomic mass is 32.1. The fourth-order valence-electron chi connectivity index (χ4n) is 3.73. The molecule has 0 atom stereocenters. The summed E-state index contributed by atoms with van der Waals surface area (Å²) in [5.41, 5.74) is 2.94. The molecule has 1 fully saturated rings. The van der Waals surface area contributed by atoms with Gasteiger partial charge in [0, 0.05) is 30.1 Å². The van der Waals surface area contributed by atoms with Gasteiger partial charge in [-0.25, -0.2) is 0 Å². The van der Waals surface area contributed by atoms with E-state index in [4.69, 9.17) is 9.15 Å². The first-order valence-electron chi connectivity index (χ1n) is 10.4. The van der Waals surface area contributed by atoms with Gasteiger partial charge in [-0.1, -0.05) is 17.7 Å². The van der Waals surface area contributed by atoms with Crippen molar-refractivity contribution in [1.29, 1.82) is 0 Å². The minimum atomic E-state index is -0.125. The van der Waals surface area contributed by atoms with Crippen LogP contribution in [0.15, 0.2) is 51.6 Å². The Morgan fingerprint density at radius 1 is 1.16 bits per heavy atom. The van der Waals surface area contributed by atoms with Crippen molar-refractivity contribution in [2.24, 2.45) is 0 Å². The minimum Gasteiger partial charge on any atom is -0.485 e. The summed E-state index contributed by atoms with van der Waals surface area (Å²) in [5, 5.41) is 6.78. The highest BCUT2D eigenvalue weighted by molar-refractivity contribution is 7.08. The highest BCUT2D eigenvalue weighted by Gasteiger charge is 2.26. The molecule has 0 unspecified atom stereocenters. The SMILES string of the molecule is Cc1ccc(OCc2ccc(C(=O)N3CCC(NC(=O)c4ccsc4)CC3)o2)c(C)c1. The summed E-state index contributed by atoms with van der Waals surface area (Å²) in [6, 6.07) is 11.4. The number of thiophene rings is 1. The molecule has 0 saturated carbocycles.